The maximum absolute atomic E-state index is 5.99. The van der Waals surface area contributed by atoms with Gasteiger partial charge in [-0.15, -0.1) is 0 Å². The Morgan fingerprint density at radius 1 is 1.12 bits per heavy atom. The van der Waals surface area contributed by atoms with E-state index >= 15 is 0 Å². The molecule has 1 aromatic rings. The second-order valence-corrected chi connectivity index (χ2v) is 3.37. The molecule has 0 saturated carbocycles. The normalized spacial score (nSPS) is 12.8. The van der Waals surface area contributed by atoms with Crippen molar-refractivity contribution in [2.75, 3.05) is 20.8 Å². The fourth-order valence-electron chi connectivity index (χ4n) is 1.50. The Morgan fingerprint density at radius 3 is 2.12 bits per heavy atom. The molecule has 1 unspecified atom stereocenters. The fourth-order valence-corrected chi connectivity index (χ4v) is 1.50. The van der Waals surface area contributed by atoms with Gasteiger partial charge in [0.05, 0.1) is 12.6 Å². The zero-order valence-electron chi connectivity index (χ0n) is 9.97. The van der Waals surface area contributed by atoms with Gasteiger partial charge in [-0.3, -0.25) is 0 Å². The Hall–Kier alpha value is -1.10. The summed E-state index contributed by atoms with van der Waals surface area (Å²) in [6.07, 6.45) is -0.432. The summed E-state index contributed by atoms with van der Waals surface area (Å²) >= 11 is 0. The van der Waals surface area contributed by atoms with Crippen molar-refractivity contribution in [2.45, 2.75) is 19.3 Å². The molecular weight excluding hydrogens is 206 g/mol. The molecular formula is C12H19NO3. The van der Waals surface area contributed by atoms with Gasteiger partial charge < -0.3 is 19.9 Å². The van der Waals surface area contributed by atoms with Gasteiger partial charge in [0.2, 0.25) is 0 Å². The summed E-state index contributed by atoms with van der Waals surface area (Å²) in [4.78, 5) is 0. The van der Waals surface area contributed by atoms with E-state index in [1.54, 1.807) is 14.2 Å². The fraction of sp³-hybridized carbons (Fsp3) is 0.500. The van der Waals surface area contributed by atoms with Crippen LogP contribution in [0.5, 0.6) is 5.75 Å². The topological polar surface area (TPSA) is 53.7 Å². The number of hydrogen-bond acceptors (Lipinski definition) is 4. The van der Waals surface area contributed by atoms with Crippen molar-refractivity contribution in [3.63, 3.8) is 0 Å². The largest absolute Gasteiger partial charge is 0.494 e. The molecule has 0 saturated heterocycles. The van der Waals surface area contributed by atoms with Gasteiger partial charge in [0.15, 0.2) is 6.29 Å². The Labute approximate surface area is 96.3 Å². The lowest BCUT2D eigenvalue weighted by Gasteiger charge is -2.21. The highest BCUT2D eigenvalue weighted by Crippen LogP contribution is 2.20. The molecule has 4 heteroatoms. The van der Waals surface area contributed by atoms with E-state index in [0.717, 1.165) is 11.3 Å². The summed E-state index contributed by atoms with van der Waals surface area (Å²) in [5.74, 6) is 0.838. The van der Waals surface area contributed by atoms with Crippen LogP contribution in [0.15, 0.2) is 24.3 Å². The van der Waals surface area contributed by atoms with Crippen LogP contribution >= 0.6 is 0 Å². The number of rotatable bonds is 6. The van der Waals surface area contributed by atoms with Gasteiger partial charge in [0.25, 0.3) is 0 Å². The van der Waals surface area contributed by atoms with Crippen LogP contribution in [0, 0.1) is 0 Å². The van der Waals surface area contributed by atoms with Crippen LogP contribution in [0.25, 0.3) is 0 Å². The molecule has 4 nitrogen and oxygen atoms in total. The maximum Gasteiger partial charge on any atom is 0.175 e. The number of methoxy groups -OCH3 is 2. The van der Waals surface area contributed by atoms with Crippen molar-refractivity contribution in [3.8, 4) is 5.75 Å². The molecule has 16 heavy (non-hydrogen) atoms. The van der Waals surface area contributed by atoms with Crippen LogP contribution in [-0.2, 0) is 9.47 Å². The van der Waals surface area contributed by atoms with Crippen LogP contribution in [0.1, 0.15) is 18.5 Å². The molecule has 0 amide bonds. The first-order valence-electron chi connectivity index (χ1n) is 5.26. The molecule has 0 aliphatic heterocycles. The van der Waals surface area contributed by atoms with E-state index in [0.29, 0.717) is 6.61 Å². The third kappa shape index (κ3) is 3.20. The number of ether oxygens (including phenoxy) is 3. The highest BCUT2D eigenvalue weighted by molar-refractivity contribution is 5.29. The monoisotopic (exact) mass is 225 g/mol. The molecule has 0 bridgehead atoms. The smallest absolute Gasteiger partial charge is 0.175 e. The number of benzene rings is 1. The SMILES string of the molecule is CCOc1ccc(C(N)C(OC)OC)cc1. The van der Waals surface area contributed by atoms with Gasteiger partial charge in [0.1, 0.15) is 5.75 Å². The Balaban J connectivity index is 2.72. The van der Waals surface area contributed by atoms with Crippen LogP contribution in [0.3, 0.4) is 0 Å². The lowest BCUT2D eigenvalue weighted by molar-refractivity contribution is -0.117. The summed E-state index contributed by atoms with van der Waals surface area (Å²) in [5, 5.41) is 0. The van der Waals surface area contributed by atoms with Crippen LogP contribution in [-0.4, -0.2) is 27.1 Å². The van der Waals surface area contributed by atoms with Crippen molar-refractivity contribution < 1.29 is 14.2 Å². The average molecular weight is 225 g/mol. The molecule has 0 fully saturated rings. The van der Waals surface area contributed by atoms with E-state index in [1.165, 1.54) is 0 Å². The molecule has 0 radical (unpaired) electrons. The Kier molecular flexibility index (Phi) is 5.25. The second-order valence-electron chi connectivity index (χ2n) is 3.37. The first kappa shape index (κ1) is 13.0. The first-order chi connectivity index (χ1) is 7.72. The van der Waals surface area contributed by atoms with E-state index in [9.17, 15) is 0 Å². The van der Waals surface area contributed by atoms with E-state index in [-0.39, 0.29) is 6.04 Å². The van der Waals surface area contributed by atoms with Gasteiger partial charge >= 0.3 is 0 Å². The third-order valence-electron chi connectivity index (χ3n) is 2.33. The van der Waals surface area contributed by atoms with E-state index in [1.807, 2.05) is 31.2 Å². The zero-order chi connectivity index (χ0) is 12.0. The van der Waals surface area contributed by atoms with Crippen LogP contribution in [0.2, 0.25) is 0 Å². The minimum Gasteiger partial charge on any atom is -0.494 e. The first-order valence-corrected chi connectivity index (χ1v) is 5.26. The molecule has 0 spiro atoms. The highest BCUT2D eigenvalue weighted by Gasteiger charge is 2.18. The molecule has 1 aromatic carbocycles. The number of nitrogens with two attached hydrogens (primary N) is 1. The number of hydrogen-bond donors (Lipinski definition) is 1. The lowest BCUT2D eigenvalue weighted by Crippen LogP contribution is -2.29. The van der Waals surface area contributed by atoms with E-state index in [4.69, 9.17) is 19.9 Å². The summed E-state index contributed by atoms with van der Waals surface area (Å²) < 4.78 is 15.6. The van der Waals surface area contributed by atoms with Crippen molar-refractivity contribution in [1.82, 2.24) is 0 Å². The third-order valence-corrected chi connectivity index (χ3v) is 2.33. The molecule has 1 rings (SSSR count). The molecule has 0 aliphatic rings. The quantitative estimate of drug-likeness (QED) is 0.749. The molecule has 2 N–H and O–H groups in total. The predicted octanol–water partition coefficient (Wildman–Crippen LogP) is 1.70. The molecule has 0 aromatic heterocycles. The second kappa shape index (κ2) is 6.48. The summed E-state index contributed by atoms with van der Waals surface area (Å²) in [7, 11) is 3.14. The van der Waals surface area contributed by atoms with Crippen LogP contribution < -0.4 is 10.5 Å². The molecule has 0 aliphatic carbocycles. The highest BCUT2D eigenvalue weighted by atomic mass is 16.7. The molecule has 0 heterocycles. The summed E-state index contributed by atoms with van der Waals surface area (Å²) in [6, 6.07) is 7.31. The standard InChI is InChI=1S/C12H19NO3/c1-4-16-10-7-5-9(6-8-10)11(13)12(14-2)15-3/h5-8,11-12H,4,13H2,1-3H3. The van der Waals surface area contributed by atoms with Gasteiger partial charge in [-0.2, -0.15) is 0 Å². The molecule has 90 valence electrons. The zero-order valence-corrected chi connectivity index (χ0v) is 9.97. The van der Waals surface area contributed by atoms with Crippen LogP contribution in [0.4, 0.5) is 0 Å². The van der Waals surface area contributed by atoms with E-state index in [2.05, 4.69) is 0 Å². The maximum atomic E-state index is 5.99. The van der Waals surface area contributed by atoms with Gasteiger partial charge in [-0.25, -0.2) is 0 Å². The van der Waals surface area contributed by atoms with Crippen molar-refractivity contribution in [1.29, 1.82) is 0 Å². The minimum absolute atomic E-state index is 0.300. The summed E-state index contributed by atoms with van der Waals surface area (Å²) in [5.41, 5.74) is 6.95. The lowest BCUT2D eigenvalue weighted by atomic mass is 10.1. The van der Waals surface area contributed by atoms with Crippen molar-refractivity contribution >= 4 is 0 Å². The minimum atomic E-state index is -0.432. The molecule has 1 atom stereocenters. The summed E-state index contributed by atoms with van der Waals surface area (Å²) in [6.45, 7) is 2.61. The van der Waals surface area contributed by atoms with Gasteiger partial charge in [-0.1, -0.05) is 12.1 Å². The van der Waals surface area contributed by atoms with Crippen molar-refractivity contribution in [3.05, 3.63) is 29.8 Å². The van der Waals surface area contributed by atoms with Crippen molar-refractivity contribution in [2.24, 2.45) is 5.73 Å². The van der Waals surface area contributed by atoms with Gasteiger partial charge in [0, 0.05) is 14.2 Å². The average Bonchev–Trinajstić information content (AvgIpc) is 2.32. The Morgan fingerprint density at radius 2 is 1.69 bits per heavy atom. The Bertz CT molecular complexity index is 296. The van der Waals surface area contributed by atoms with E-state index < -0.39 is 6.29 Å². The predicted molar refractivity (Wildman–Crippen MR) is 62.3 cm³/mol. The van der Waals surface area contributed by atoms with Gasteiger partial charge in [-0.05, 0) is 24.6 Å².